The van der Waals surface area contributed by atoms with E-state index in [0.717, 1.165) is 44.1 Å². The fourth-order valence-corrected chi connectivity index (χ4v) is 2.63. The fraction of sp³-hybridized carbons (Fsp3) is 0.500. The van der Waals surface area contributed by atoms with E-state index in [1.165, 1.54) is 0 Å². The number of amides is 1. The van der Waals surface area contributed by atoms with Crippen LogP contribution in [0.3, 0.4) is 0 Å². The van der Waals surface area contributed by atoms with E-state index in [-0.39, 0.29) is 17.3 Å². The van der Waals surface area contributed by atoms with Gasteiger partial charge in [-0.2, -0.15) is 0 Å². The number of hydrogen-bond acceptors (Lipinski definition) is 4. The molecule has 0 spiro atoms. The lowest BCUT2D eigenvalue weighted by Crippen LogP contribution is -2.46. The average molecular weight is 295 g/mol. The van der Waals surface area contributed by atoms with E-state index in [4.69, 9.17) is 0 Å². The molecule has 1 aromatic carbocycles. The highest BCUT2D eigenvalue weighted by Gasteiger charge is 2.27. The van der Waals surface area contributed by atoms with Crippen LogP contribution >= 0.6 is 0 Å². The molecule has 1 aliphatic heterocycles. The Labute approximate surface area is 122 Å². The molecule has 0 bridgehead atoms. The maximum absolute atomic E-state index is 13.9. The summed E-state index contributed by atoms with van der Waals surface area (Å²) in [6, 6.07) is 3.10. The Bertz CT molecular complexity index is 544. The maximum atomic E-state index is 13.9. The van der Waals surface area contributed by atoms with Crippen molar-refractivity contribution in [2.24, 2.45) is 0 Å². The number of benzene rings is 1. The number of halogens is 1. The van der Waals surface area contributed by atoms with E-state index < -0.39 is 16.6 Å². The Morgan fingerprint density at radius 1 is 1.48 bits per heavy atom. The number of nitrogens with one attached hydrogen (secondary N) is 1. The van der Waals surface area contributed by atoms with Gasteiger partial charge in [-0.1, -0.05) is 0 Å². The van der Waals surface area contributed by atoms with Crippen LogP contribution in [0.25, 0.3) is 0 Å². The first-order valence-electron chi connectivity index (χ1n) is 7.00. The van der Waals surface area contributed by atoms with Crippen molar-refractivity contribution < 1.29 is 14.1 Å². The van der Waals surface area contributed by atoms with Crippen molar-refractivity contribution in [2.75, 3.05) is 19.6 Å². The number of nitro benzene ring substituents is 1. The standard InChI is InChI=1S/C14H18FN3O3/c1-2-17(10-5-7-16-8-6-10)14(19)12-9-11(18(20)21)3-4-13(12)15/h3-4,9-10,16H,2,5-8H2,1H3. The molecule has 0 saturated carbocycles. The molecule has 0 atom stereocenters. The topological polar surface area (TPSA) is 75.5 Å². The van der Waals surface area contributed by atoms with Gasteiger partial charge < -0.3 is 10.2 Å². The molecule has 21 heavy (non-hydrogen) atoms. The molecule has 1 aliphatic rings. The summed E-state index contributed by atoms with van der Waals surface area (Å²) in [6.45, 7) is 3.90. The lowest BCUT2D eigenvalue weighted by molar-refractivity contribution is -0.384. The molecule has 7 heteroatoms. The van der Waals surface area contributed by atoms with Crippen LogP contribution in [-0.4, -0.2) is 41.4 Å². The Balaban J connectivity index is 2.28. The number of non-ortho nitro benzene ring substituents is 1. The van der Waals surface area contributed by atoms with Crippen molar-refractivity contribution in [3.05, 3.63) is 39.7 Å². The smallest absolute Gasteiger partial charge is 0.270 e. The molecule has 1 aromatic rings. The van der Waals surface area contributed by atoms with Gasteiger partial charge in [-0.05, 0) is 38.9 Å². The van der Waals surface area contributed by atoms with Crippen molar-refractivity contribution in [3.8, 4) is 0 Å². The van der Waals surface area contributed by atoms with Gasteiger partial charge in [0, 0.05) is 24.7 Å². The van der Waals surface area contributed by atoms with Gasteiger partial charge in [0.05, 0.1) is 10.5 Å². The van der Waals surface area contributed by atoms with Crippen molar-refractivity contribution in [3.63, 3.8) is 0 Å². The second-order valence-corrected chi connectivity index (χ2v) is 4.99. The molecule has 1 heterocycles. The average Bonchev–Trinajstić information content (AvgIpc) is 2.49. The Morgan fingerprint density at radius 3 is 2.71 bits per heavy atom. The third-order valence-electron chi connectivity index (χ3n) is 3.74. The van der Waals surface area contributed by atoms with Gasteiger partial charge in [0.1, 0.15) is 5.82 Å². The van der Waals surface area contributed by atoms with Crippen LogP contribution in [0.5, 0.6) is 0 Å². The first-order valence-corrected chi connectivity index (χ1v) is 7.00. The highest BCUT2D eigenvalue weighted by atomic mass is 19.1. The molecule has 1 fully saturated rings. The van der Waals surface area contributed by atoms with Crippen molar-refractivity contribution >= 4 is 11.6 Å². The molecule has 0 aliphatic carbocycles. The molecule has 114 valence electrons. The molecule has 2 rings (SSSR count). The van der Waals surface area contributed by atoms with Crippen molar-refractivity contribution in [1.82, 2.24) is 10.2 Å². The SMILES string of the molecule is CCN(C(=O)c1cc([N+](=O)[O-])ccc1F)C1CCNCC1. The van der Waals surface area contributed by atoms with E-state index in [0.29, 0.717) is 6.54 Å². The molecular formula is C14H18FN3O3. The van der Waals surface area contributed by atoms with E-state index in [1.807, 2.05) is 6.92 Å². The van der Waals surface area contributed by atoms with Gasteiger partial charge in [-0.15, -0.1) is 0 Å². The Kier molecular flexibility index (Phi) is 4.85. The Morgan fingerprint density at radius 2 is 2.14 bits per heavy atom. The summed E-state index contributed by atoms with van der Waals surface area (Å²) in [5.41, 5.74) is -0.509. The molecule has 1 saturated heterocycles. The predicted octanol–water partition coefficient (Wildman–Crippen LogP) is 1.95. The van der Waals surface area contributed by atoms with Crippen LogP contribution in [0, 0.1) is 15.9 Å². The number of carbonyl (C=O) groups is 1. The normalized spacial score (nSPS) is 15.7. The number of hydrogen-bond donors (Lipinski definition) is 1. The molecule has 1 amide bonds. The predicted molar refractivity (Wildman–Crippen MR) is 75.7 cm³/mol. The van der Waals surface area contributed by atoms with Crippen LogP contribution in [0.2, 0.25) is 0 Å². The largest absolute Gasteiger partial charge is 0.336 e. The van der Waals surface area contributed by atoms with Crippen LogP contribution in [0.4, 0.5) is 10.1 Å². The number of carbonyl (C=O) groups excluding carboxylic acids is 1. The summed E-state index contributed by atoms with van der Waals surface area (Å²) in [6.07, 6.45) is 1.60. The fourth-order valence-electron chi connectivity index (χ4n) is 2.63. The van der Waals surface area contributed by atoms with Gasteiger partial charge in [0.25, 0.3) is 11.6 Å². The summed E-state index contributed by atoms with van der Waals surface area (Å²) in [7, 11) is 0. The van der Waals surface area contributed by atoms with Crippen LogP contribution in [-0.2, 0) is 0 Å². The van der Waals surface area contributed by atoms with E-state index in [2.05, 4.69) is 5.32 Å². The van der Waals surface area contributed by atoms with Gasteiger partial charge >= 0.3 is 0 Å². The third-order valence-corrected chi connectivity index (χ3v) is 3.74. The highest BCUT2D eigenvalue weighted by Crippen LogP contribution is 2.21. The third kappa shape index (κ3) is 3.36. The van der Waals surface area contributed by atoms with Crippen LogP contribution < -0.4 is 5.32 Å². The van der Waals surface area contributed by atoms with Gasteiger partial charge in [0.2, 0.25) is 0 Å². The number of piperidine rings is 1. The minimum absolute atomic E-state index is 0.0439. The molecule has 1 N–H and O–H groups in total. The monoisotopic (exact) mass is 295 g/mol. The first kappa shape index (κ1) is 15.4. The molecule has 0 aromatic heterocycles. The lowest BCUT2D eigenvalue weighted by atomic mass is 10.0. The second kappa shape index (κ2) is 6.62. The van der Waals surface area contributed by atoms with E-state index >= 15 is 0 Å². The minimum Gasteiger partial charge on any atom is -0.336 e. The van der Waals surface area contributed by atoms with Crippen LogP contribution in [0.1, 0.15) is 30.1 Å². The first-order chi connectivity index (χ1) is 10.0. The number of nitro groups is 1. The summed E-state index contributed by atoms with van der Waals surface area (Å²) in [4.78, 5) is 24.3. The number of rotatable bonds is 4. The van der Waals surface area contributed by atoms with Gasteiger partial charge in [0.15, 0.2) is 0 Å². The van der Waals surface area contributed by atoms with Crippen LogP contribution in [0.15, 0.2) is 18.2 Å². The zero-order valence-corrected chi connectivity index (χ0v) is 11.8. The zero-order chi connectivity index (χ0) is 15.4. The zero-order valence-electron chi connectivity index (χ0n) is 11.8. The molecular weight excluding hydrogens is 277 g/mol. The molecule has 6 nitrogen and oxygen atoms in total. The maximum Gasteiger partial charge on any atom is 0.270 e. The van der Waals surface area contributed by atoms with E-state index in [9.17, 15) is 19.3 Å². The molecule has 0 radical (unpaired) electrons. The lowest BCUT2D eigenvalue weighted by Gasteiger charge is -2.34. The number of nitrogens with zero attached hydrogens (tertiary/aromatic N) is 2. The molecule has 0 unspecified atom stereocenters. The summed E-state index contributed by atoms with van der Waals surface area (Å²) in [5.74, 6) is -1.21. The van der Waals surface area contributed by atoms with E-state index in [1.54, 1.807) is 4.90 Å². The summed E-state index contributed by atoms with van der Waals surface area (Å²) in [5, 5.41) is 14.0. The Hall–Kier alpha value is -2.02. The quantitative estimate of drug-likeness (QED) is 0.680. The van der Waals surface area contributed by atoms with Crippen molar-refractivity contribution in [1.29, 1.82) is 0 Å². The summed E-state index contributed by atoms with van der Waals surface area (Å²) < 4.78 is 13.9. The second-order valence-electron chi connectivity index (χ2n) is 4.99. The highest BCUT2D eigenvalue weighted by molar-refractivity contribution is 5.95. The van der Waals surface area contributed by atoms with Crippen molar-refractivity contribution in [2.45, 2.75) is 25.8 Å². The minimum atomic E-state index is -0.724. The summed E-state index contributed by atoms with van der Waals surface area (Å²) >= 11 is 0. The van der Waals surface area contributed by atoms with Gasteiger partial charge in [-0.3, -0.25) is 14.9 Å². The van der Waals surface area contributed by atoms with Gasteiger partial charge in [-0.25, -0.2) is 4.39 Å².